The molecular weight excluding hydrogens is 328 g/mol. The molecule has 6 nitrogen and oxygen atoms in total. The van der Waals surface area contributed by atoms with Crippen LogP contribution in [0.2, 0.25) is 0 Å². The predicted octanol–water partition coefficient (Wildman–Crippen LogP) is 3.26. The molecule has 6 heteroatoms. The molecule has 3 heterocycles. The summed E-state index contributed by atoms with van der Waals surface area (Å²) in [5, 5.41) is 8.62. The molecule has 2 aromatic heterocycles. The number of rotatable bonds is 5. The van der Waals surface area contributed by atoms with Crippen molar-refractivity contribution in [1.29, 1.82) is 0 Å². The Balaban J connectivity index is 1.51. The van der Waals surface area contributed by atoms with Crippen molar-refractivity contribution in [2.45, 2.75) is 58.4 Å². The monoisotopic (exact) mass is 356 g/mol. The van der Waals surface area contributed by atoms with E-state index in [0.717, 1.165) is 55.2 Å². The number of carbonyl (C=O) groups is 1. The lowest BCUT2D eigenvalue weighted by molar-refractivity contribution is 0.0706. The Morgan fingerprint density at radius 1 is 1.31 bits per heavy atom. The number of carbonyl (C=O) groups excluding carboxylic acids is 1. The molecule has 0 radical (unpaired) electrons. The smallest absolute Gasteiger partial charge is 0.259 e. The molecule has 2 fully saturated rings. The van der Waals surface area contributed by atoms with E-state index in [1.807, 2.05) is 17.9 Å². The number of aromatic nitrogens is 2. The first-order chi connectivity index (χ1) is 12.5. The average molecular weight is 356 g/mol. The Morgan fingerprint density at radius 2 is 2.04 bits per heavy atom. The molecule has 1 amide bonds. The molecule has 0 spiro atoms. The molecule has 0 unspecified atom stereocenters. The Bertz CT molecular complexity index is 801. The Morgan fingerprint density at radius 3 is 2.69 bits per heavy atom. The second-order valence-electron chi connectivity index (χ2n) is 8.13. The molecule has 0 atom stereocenters. The van der Waals surface area contributed by atoms with Crippen molar-refractivity contribution in [1.82, 2.24) is 20.4 Å². The van der Waals surface area contributed by atoms with Gasteiger partial charge in [0.1, 0.15) is 0 Å². The summed E-state index contributed by atoms with van der Waals surface area (Å²) in [6, 6.07) is 2.42. The summed E-state index contributed by atoms with van der Waals surface area (Å²) in [4.78, 5) is 19.6. The van der Waals surface area contributed by atoms with Crippen LogP contribution in [0.25, 0.3) is 11.1 Å². The summed E-state index contributed by atoms with van der Waals surface area (Å²) in [5.41, 5.74) is 2.75. The SMILES string of the molecule is Cc1cc(C(=O)N2CCC(NCC3CC3)CC2)c2c(C(C)C)noc2n1. The Labute approximate surface area is 154 Å². The number of pyridine rings is 1. The molecule has 1 saturated carbocycles. The van der Waals surface area contributed by atoms with E-state index >= 15 is 0 Å². The number of hydrogen-bond acceptors (Lipinski definition) is 5. The predicted molar refractivity (Wildman–Crippen MR) is 100 cm³/mol. The van der Waals surface area contributed by atoms with Crippen LogP contribution in [-0.2, 0) is 0 Å². The van der Waals surface area contributed by atoms with Gasteiger partial charge < -0.3 is 14.7 Å². The van der Waals surface area contributed by atoms with Crippen LogP contribution in [0.1, 0.15) is 67.2 Å². The van der Waals surface area contributed by atoms with Crippen molar-refractivity contribution in [3.05, 3.63) is 23.0 Å². The first-order valence-corrected chi connectivity index (χ1v) is 9.82. The highest BCUT2D eigenvalue weighted by Crippen LogP contribution is 2.30. The molecule has 4 rings (SSSR count). The van der Waals surface area contributed by atoms with Gasteiger partial charge in [-0.15, -0.1) is 0 Å². The fourth-order valence-corrected chi connectivity index (χ4v) is 3.77. The number of nitrogens with one attached hydrogen (secondary N) is 1. The van der Waals surface area contributed by atoms with E-state index in [9.17, 15) is 4.79 Å². The third-order valence-electron chi connectivity index (χ3n) is 5.55. The molecule has 1 aliphatic carbocycles. The number of nitrogens with zero attached hydrogens (tertiary/aromatic N) is 3. The molecule has 1 saturated heterocycles. The largest absolute Gasteiger partial charge is 0.339 e. The Hall–Kier alpha value is -1.95. The topological polar surface area (TPSA) is 71.3 Å². The van der Waals surface area contributed by atoms with E-state index in [2.05, 4.69) is 29.3 Å². The van der Waals surface area contributed by atoms with Crippen LogP contribution in [-0.4, -0.2) is 46.6 Å². The number of amides is 1. The Kier molecular flexibility index (Phi) is 4.69. The maximum atomic E-state index is 13.2. The van der Waals surface area contributed by atoms with E-state index in [1.54, 1.807) is 0 Å². The summed E-state index contributed by atoms with van der Waals surface area (Å²) in [6.07, 6.45) is 4.79. The van der Waals surface area contributed by atoms with E-state index in [0.29, 0.717) is 17.3 Å². The van der Waals surface area contributed by atoms with E-state index in [1.165, 1.54) is 12.8 Å². The van der Waals surface area contributed by atoms with Gasteiger partial charge in [0, 0.05) is 24.8 Å². The van der Waals surface area contributed by atoms with Gasteiger partial charge in [-0.05, 0) is 57.1 Å². The van der Waals surface area contributed by atoms with Crippen LogP contribution in [0.15, 0.2) is 10.6 Å². The molecule has 0 aromatic carbocycles. The van der Waals surface area contributed by atoms with Gasteiger partial charge >= 0.3 is 0 Å². The minimum Gasteiger partial charge on any atom is -0.339 e. The summed E-state index contributed by atoms with van der Waals surface area (Å²) >= 11 is 0. The minimum atomic E-state index is 0.0752. The normalized spacial score (nSPS) is 18.8. The highest BCUT2D eigenvalue weighted by molar-refractivity contribution is 6.06. The van der Waals surface area contributed by atoms with Crippen LogP contribution < -0.4 is 5.32 Å². The van der Waals surface area contributed by atoms with Crippen molar-refractivity contribution in [3.63, 3.8) is 0 Å². The van der Waals surface area contributed by atoms with Crippen molar-refractivity contribution >= 4 is 17.0 Å². The van der Waals surface area contributed by atoms with Crippen molar-refractivity contribution < 1.29 is 9.32 Å². The zero-order valence-corrected chi connectivity index (χ0v) is 15.9. The third kappa shape index (κ3) is 3.47. The van der Waals surface area contributed by atoms with Gasteiger partial charge in [-0.1, -0.05) is 19.0 Å². The number of piperidine rings is 1. The number of aryl methyl sites for hydroxylation is 1. The summed E-state index contributed by atoms with van der Waals surface area (Å²) in [6.45, 7) is 8.74. The zero-order valence-electron chi connectivity index (χ0n) is 15.9. The standard InChI is InChI=1S/C20H28N4O2/c1-12(2)18-17-16(10-13(3)22-19(17)26-23-18)20(25)24-8-6-15(7-9-24)21-11-14-4-5-14/h10,12,14-15,21H,4-9,11H2,1-3H3. The van der Waals surface area contributed by atoms with Gasteiger partial charge in [0.15, 0.2) is 0 Å². The average Bonchev–Trinajstić information content (AvgIpc) is 3.36. The van der Waals surface area contributed by atoms with Gasteiger partial charge in [0.05, 0.1) is 16.6 Å². The third-order valence-corrected chi connectivity index (χ3v) is 5.55. The highest BCUT2D eigenvalue weighted by atomic mass is 16.5. The van der Waals surface area contributed by atoms with Gasteiger partial charge in [-0.2, -0.15) is 0 Å². The number of hydrogen-bond donors (Lipinski definition) is 1. The molecule has 26 heavy (non-hydrogen) atoms. The maximum Gasteiger partial charge on any atom is 0.259 e. The van der Waals surface area contributed by atoms with Gasteiger partial charge in [0.2, 0.25) is 0 Å². The summed E-state index contributed by atoms with van der Waals surface area (Å²) < 4.78 is 5.40. The van der Waals surface area contributed by atoms with Crippen molar-refractivity contribution in [2.24, 2.45) is 5.92 Å². The minimum absolute atomic E-state index is 0.0752. The zero-order chi connectivity index (χ0) is 18.3. The maximum absolute atomic E-state index is 13.2. The first-order valence-electron chi connectivity index (χ1n) is 9.82. The second-order valence-corrected chi connectivity index (χ2v) is 8.13. The quantitative estimate of drug-likeness (QED) is 0.890. The fourth-order valence-electron chi connectivity index (χ4n) is 3.77. The summed E-state index contributed by atoms with van der Waals surface area (Å²) in [5.74, 6) is 1.15. The second kappa shape index (κ2) is 6.99. The van der Waals surface area contributed by atoms with Crippen LogP contribution in [0.5, 0.6) is 0 Å². The van der Waals surface area contributed by atoms with E-state index in [4.69, 9.17) is 4.52 Å². The molecule has 0 bridgehead atoms. The lowest BCUT2D eigenvalue weighted by atomic mass is 10.00. The molecule has 140 valence electrons. The summed E-state index contributed by atoms with van der Waals surface area (Å²) in [7, 11) is 0. The lowest BCUT2D eigenvalue weighted by Crippen LogP contribution is -2.45. The van der Waals surface area contributed by atoms with Crippen LogP contribution in [0.4, 0.5) is 0 Å². The number of fused-ring (bicyclic) bond motifs is 1. The van der Waals surface area contributed by atoms with Crippen LogP contribution in [0.3, 0.4) is 0 Å². The lowest BCUT2D eigenvalue weighted by Gasteiger charge is -2.32. The van der Waals surface area contributed by atoms with Crippen molar-refractivity contribution in [3.8, 4) is 0 Å². The fraction of sp³-hybridized carbons (Fsp3) is 0.650. The molecule has 2 aromatic rings. The molecule has 1 aliphatic heterocycles. The van der Waals surface area contributed by atoms with Crippen molar-refractivity contribution in [2.75, 3.05) is 19.6 Å². The van der Waals surface area contributed by atoms with E-state index in [-0.39, 0.29) is 11.8 Å². The number of likely N-dealkylation sites (tertiary alicyclic amines) is 1. The van der Waals surface area contributed by atoms with Gasteiger partial charge in [0.25, 0.3) is 11.6 Å². The first kappa shape index (κ1) is 17.5. The highest BCUT2D eigenvalue weighted by Gasteiger charge is 2.29. The van der Waals surface area contributed by atoms with E-state index < -0.39 is 0 Å². The molecule has 2 aliphatic rings. The molecule has 1 N–H and O–H groups in total. The van der Waals surface area contributed by atoms with Gasteiger partial charge in [-0.25, -0.2) is 4.98 Å². The van der Waals surface area contributed by atoms with Gasteiger partial charge in [-0.3, -0.25) is 4.79 Å². The van der Waals surface area contributed by atoms with Crippen LogP contribution >= 0.6 is 0 Å². The van der Waals surface area contributed by atoms with Crippen LogP contribution in [0, 0.1) is 12.8 Å². The molecular formula is C20H28N4O2.